The molecule has 8 nitrogen and oxygen atoms in total. The van der Waals surface area contributed by atoms with Gasteiger partial charge in [0, 0.05) is 25.5 Å². The fourth-order valence-electron chi connectivity index (χ4n) is 4.38. The lowest BCUT2D eigenvalue weighted by Gasteiger charge is -2.40. The second-order valence-electron chi connectivity index (χ2n) is 7.51. The smallest absolute Gasteiger partial charge is 0.192 e. The Morgan fingerprint density at radius 1 is 1.07 bits per heavy atom. The molecule has 2 bridgehead atoms. The number of aliphatic hydroxyl groups excluding tert-OH is 3. The zero-order chi connectivity index (χ0) is 19.1. The van der Waals surface area contributed by atoms with E-state index in [4.69, 9.17) is 4.74 Å². The van der Waals surface area contributed by atoms with Gasteiger partial charge in [0.15, 0.2) is 12.5 Å². The zero-order valence-electron chi connectivity index (χ0n) is 15.1. The third-order valence-electron chi connectivity index (χ3n) is 5.68. The number of likely N-dealkylation sites (tertiary alicyclic amines) is 1. The van der Waals surface area contributed by atoms with Crippen LogP contribution in [0.1, 0.15) is 36.3 Å². The van der Waals surface area contributed by atoms with Crippen molar-refractivity contribution in [3.8, 4) is 0 Å². The minimum absolute atomic E-state index is 0.245. The number of benzene rings is 1. The highest BCUT2D eigenvalue weighted by molar-refractivity contribution is 5.77. The number of hydrogen-bond donors (Lipinski definition) is 4. The molecular weight excluding hydrogens is 350 g/mol. The van der Waals surface area contributed by atoms with Crippen molar-refractivity contribution >= 4 is 11.0 Å². The molecule has 4 N–H and O–H groups in total. The van der Waals surface area contributed by atoms with E-state index < -0.39 is 31.3 Å². The van der Waals surface area contributed by atoms with Crippen molar-refractivity contribution in [2.24, 2.45) is 0 Å². The summed E-state index contributed by atoms with van der Waals surface area (Å²) in [5.41, 5.74) is 4.19. The Balaban J connectivity index is 1.60. The lowest BCUT2D eigenvalue weighted by atomic mass is 9.95. The molecule has 1 aliphatic carbocycles. The largest absolute Gasteiger partial charge is 0.394 e. The van der Waals surface area contributed by atoms with Crippen molar-refractivity contribution in [1.29, 1.82) is 0 Å². The molecule has 1 aliphatic heterocycles. The minimum atomic E-state index is -1.74. The van der Waals surface area contributed by atoms with E-state index in [1.165, 1.54) is 18.1 Å². The van der Waals surface area contributed by atoms with Crippen LogP contribution in [0.4, 0.5) is 0 Å². The Hall–Kier alpha value is -1.68. The van der Waals surface area contributed by atoms with E-state index in [-0.39, 0.29) is 11.8 Å². The summed E-state index contributed by atoms with van der Waals surface area (Å²) in [6, 6.07) is 4.17. The van der Waals surface area contributed by atoms with Gasteiger partial charge in [-0.25, -0.2) is 0 Å². The topological polar surface area (TPSA) is 119 Å². The first kappa shape index (κ1) is 18.7. The third kappa shape index (κ3) is 3.44. The summed E-state index contributed by atoms with van der Waals surface area (Å²) >= 11 is 0. The SMILES string of the molecule is CC(O)C(CO)OC(C(O)O)N1CC2CC(C1)c1cc3nccnc3cc12. The van der Waals surface area contributed by atoms with Crippen molar-refractivity contribution in [3.05, 3.63) is 35.7 Å². The molecule has 2 aromatic rings. The normalized spacial score (nSPS) is 25.6. The van der Waals surface area contributed by atoms with Crippen molar-refractivity contribution in [2.45, 2.75) is 49.9 Å². The molecule has 2 heterocycles. The lowest BCUT2D eigenvalue weighted by Crippen LogP contribution is -2.52. The number of fused-ring (bicyclic) bond motifs is 6. The molecule has 0 spiro atoms. The van der Waals surface area contributed by atoms with Crippen LogP contribution >= 0.6 is 0 Å². The van der Waals surface area contributed by atoms with Gasteiger partial charge in [0.2, 0.25) is 0 Å². The Morgan fingerprint density at radius 2 is 1.63 bits per heavy atom. The van der Waals surface area contributed by atoms with Gasteiger partial charge in [-0.15, -0.1) is 0 Å². The predicted molar refractivity (Wildman–Crippen MR) is 96.9 cm³/mol. The molecule has 0 radical (unpaired) electrons. The Labute approximate surface area is 157 Å². The predicted octanol–water partition coefficient (Wildman–Crippen LogP) is -0.0886. The van der Waals surface area contributed by atoms with Crippen LogP contribution in [-0.2, 0) is 4.74 Å². The van der Waals surface area contributed by atoms with Crippen LogP contribution in [0.2, 0.25) is 0 Å². The quantitative estimate of drug-likeness (QED) is 0.517. The number of aliphatic hydroxyl groups is 4. The van der Waals surface area contributed by atoms with Crippen LogP contribution in [0, 0.1) is 0 Å². The van der Waals surface area contributed by atoms with Gasteiger partial charge >= 0.3 is 0 Å². The second-order valence-corrected chi connectivity index (χ2v) is 7.51. The van der Waals surface area contributed by atoms with Gasteiger partial charge in [-0.05, 0) is 48.4 Å². The van der Waals surface area contributed by atoms with Crippen LogP contribution in [0.5, 0.6) is 0 Å². The first-order valence-corrected chi connectivity index (χ1v) is 9.27. The van der Waals surface area contributed by atoms with Crippen molar-refractivity contribution in [3.63, 3.8) is 0 Å². The van der Waals surface area contributed by atoms with Gasteiger partial charge in [0.05, 0.1) is 23.7 Å². The van der Waals surface area contributed by atoms with Gasteiger partial charge < -0.3 is 25.2 Å². The van der Waals surface area contributed by atoms with E-state index in [1.807, 2.05) is 4.90 Å². The van der Waals surface area contributed by atoms with E-state index in [0.29, 0.717) is 13.1 Å². The minimum Gasteiger partial charge on any atom is -0.394 e. The Bertz CT molecular complexity index is 765. The fraction of sp³-hybridized carbons (Fsp3) is 0.579. The Morgan fingerprint density at radius 3 is 2.07 bits per heavy atom. The van der Waals surface area contributed by atoms with Crippen LogP contribution in [0.25, 0.3) is 11.0 Å². The fourth-order valence-corrected chi connectivity index (χ4v) is 4.38. The highest BCUT2D eigenvalue weighted by Gasteiger charge is 2.42. The van der Waals surface area contributed by atoms with Crippen molar-refractivity contribution in [2.75, 3.05) is 19.7 Å². The van der Waals surface area contributed by atoms with Gasteiger partial charge in [0.25, 0.3) is 0 Å². The molecule has 5 atom stereocenters. The number of hydrogen-bond acceptors (Lipinski definition) is 8. The third-order valence-corrected chi connectivity index (χ3v) is 5.68. The van der Waals surface area contributed by atoms with Crippen LogP contribution in [-0.4, -0.2) is 79.7 Å². The maximum Gasteiger partial charge on any atom is 0.192 e. The van der Waals surface area contributed by atoms with Crippen molar-refractivity contribution in [1.82, 2.24) is 14.9 Å². The van der Waals surface area contributed by atoms with Gasteiger partial charge in [0.1, 0.15) is 6.10 Å². The molecule has 2 aliphatic rings. The molecule has 1 saturated heterocycles. The summed E-state index contributed by atoms with van der Waals surface area (Å²) in [4.78, 5) is 10.7. The summed E-state index contributed by atoms with van der Waals surface area (Å²) in [7, 11) is 0. The van der Waals surface area contributed by atoms with E-state index in [9.17, 15) is 20.4 Å². The zero-order valence-corrected chi connectivity index (χ0v) is 15.1. The van der Waals surface area contributed by atoms with E-state index >= 15 is 0 Å². The highest BCUT2D eigenvalue weighted by Crippen LogP contribution is 2.47. The molecule has 27 heavy (non-hydrogen) atoms. The Kier molecular flexibility index (Phi) is 5.11. The molecule has 5 unspecified atom stereocenters. The first-order chi connectivity index (χ1) is 13.0. The average molecular weight is 375 g/mol. The molecule has 146 valence electrons. The summed E-state index contributed by atoms with van der Waals surface area (Å²) < 4.78 is 5.66. The molecule has 8 heteroatoms. The molecule has 1 fully saturated rings. The average Bonchev–Trinajstić information content (AvgIpc) is 2.90. The number of ether oxygens (including phenoxy) is 1. The lowest BCUT2D eigenvalue weighted by molar-refractivity contribution is -0.238. The van der Waals surface area contributed by atoms with Crippen molar-refractivity contribution < 1.29 is 25.2 Å². The number of rotatable bonds is 6. The molecule has 1 aromatic carbocycles. The van der Waals surface area contributed by atoms with E-state index in [2.05, 4.69) is 22.1 Å². The maximum absolute atomic E-state index is 9.86. The second kappa shape index (κ2) is 7.38. The van der Waals surface area contributed by atoms with Gasteiger partial charge in [-0.3, -0.25) is 14.9 Å². The summed E-state index contributed by atoms with van der Waals surface area (Å²) in [5, 5.41) is 38.9. The number of piperidine rings is 1. The number of nitrogens with zero attached hydrogens (tertiary/aromatic N) is 3. The molecule has 0 amide bonds. The number of aromatic nitrogens is 2. The highest BCUT2D eigenvalue weighted by atomic mass is 16.6. The van der Waals surface area contributed by atoms with Crippen LogP contribution in [0.3, 0.4) is 0 Å². The molecule has 0 saturated carbocycles. The standard InChI is InChI=1S/C19H25N3O5/c1-10(24)17(9-23)27-18(19(25)26)22-7-11-4-12(8-22)14-6-16-15(5-13(11)14)20-2-3-21-16/h2-3,5-6,10-12,17-19,23-26H,4,7-9H2,1H3. The summed E-state index contributed by atoms with van der Waals surface area (Å²) in [6.45, 7) is 2.32. The van der Waals surface area contributed by atoms with Crippen LogP contribution in [0.15, 0.2) is 24.5 Å². The summed E-state index contributed by atoms with van der Waals surface area (Å²) in [6.07, 6.45) is -0.191. The molecular formula is C19H25N3O5. The first-order valence-electron chi connectivity index (χ1n) is 9.27. The molecule has 1 aromatic heterocycles. The van der Waals surface area contributed by atoms with Crippen LogP contribution < -0.4 is 0 Å². The van der Waals surface area contributed by atoms with E-state index in [1.54, 1.807) is 12.4 Å². The molecule has 4 rings (SSSR count). The van der Waals surface area contributed by atoms with Gasteiger partial charge in [-0.2, -0.15) is 0 Å². The van der Waals surface area contributed by atoms with E-state index in [0.717, 1.165) is 17.5 Å². The monoisotopic (exact) mass is 375 g/mol. The van der Waals surface area contributed by atoms with Gasteiger partial charge in [-0.1, -0.05) is 0 Å². The summed E-state index contributed by atoms with van der Waals surface area (Å²) in [5.74, 6) is 0.489. The maximum atomic E-state index is 9.86.